The number of aryl methyl sites for hydroxylation is 2. The van der Waals surface area contributed by atoms with E-state index in [4.69, 9.17) is 10.5 Å². The van der Waals surface area contributed by atoms with Crippen molar-refractivity contribution in [1.82, 2.24) is 9.55 Å². The topological polar surface area (TPSA) is 116 Å². The molecule has 0 aliphatic carbocycles. The van der Waals surface area contributed by atoms with Crippen molar-refractivity contribution in [3.05, 3.63) is 76.2 Å². The summed E-state index contributed by atoms with van der Waals surface area (Å²) in [5, 5.41) is 5.30. The fourth-order valence-corrected chi connectivity index (χ4v) is 4.37. The van der Waals surface area contributed by atoms with Crippen molar-refractivity contribution in [2.75, 3.05) is 11.9 Å². The number of primary amides is 1. The van der Waals surface area contributed by atoms with Crippen LogP contribution in [0.4, 0.5) is 5.69 Å². The largest absolute Gasteiger partial charge is 0.491 e. The quantitative estimate of drug-likeness (QED) is 0.382. The van der Waals surface area contributed by atoms with Crippen molar-refractivity contribution in [3.63, 3.8) is 0 Å². The number of nitrogens with two attached hydrogens (primary N) is 1. The second-order valence-electron chi connectivity index (χ2n) is 7.80. The molecule has 0 saturated carbocycles. The van der Waals surface area contributed by atoms with E-state index >= 15 is 0 Å². The van der Waals surface area contributed by atoms with Crippen LogP contribution in [0.25, 0.3) is 21.3 Å². The number of carbonyl (C=O) groups excluding carboxylic acids is 2. The number of benzene rings is 2. The van der Waals surface area contributed by atoms with Crippen LogP contribution in [0.3, 0.4) is 0 Å². The highest BCUT2D eigenvalue weighted by Gasteiger charge is 2.14. The summed E-state index contributed by atoms with van der Waals surface area (Å²) in [4.78, 5) is 41.8. The number of hydrogen-bond acceptors (Lipinski definition) is 6. The van der Waals surface area contributed by atoms with Gasteiger partial charge in [0.25, 0.3) is 5.56 Å². The maximum atomic E-state index is 13.2. The zero-order valence-corrected chi connectivity index (χ0v) is 19.4. The third kappa shape index (κ3) is 5.32. The van der Waals surface area contributed by atoms with E-state index in [-0.39, 0.29) is 37.5 Å². The smallest absolute Gasteiger partial charge is 0.262 e. The standard InChI is InChI=1S/C25H24N4O4S/c1-16-6-8-17(9-7-16)18-14-34-24-23(18)25(32)29(15-27-24)12-10-22(31)28-19-4-2-3-5-20(19)33-13-11-21(26)30/h2-9,14-15H,10-13H2,1H3,(H2,26,30)(H,28,31). The molecule has 34 heavy (non-hydrogen) atoms. The Bertz CT molecular complexity index is 1390. The third-order valence-corrected chi connectivity index (χ3v) is 6.16. The van der Waals surface area contributed by atoms with Crippen molar-refractivity contribution >= 4 is 39.1 Å². The summed E-state index contributed by atoms with van der Waals surface area (Å²) in [6.45, 7) is 2.31. The monoisotopic (exact) mass is 476 g/mol. The van der Waals surface area contributed by atoms with E-state index in [1.165, 1.54) is 22.2 Å². The zero-order chi connectivity index (χ0) is 24.1. The minimum atomic E-state index is -0.464. The van der Waals surface area contributed by atoms with Gasteiger partial charge in [0.15, 0.2) is 0 Å². The number of para-hydroxylation sites is 2. The molecule has 0 aliphatic rings. The van der Waals surface area contributed by atoms with Crippen LogP contribution < -0.4 is 21.3 Å². The SMILES string of the molecule is Cc1ccc(-c2csc3ncn(CCC(=O)Nc4ccccc4OCCC(N)=O)c(=O)c23)cc1. The van der Waals surface area contributed by atoms with E-state index in [1.54, 1.807) is 24.3 Å². The van der Waals surface area contributed by atoms with Crippen molar-refractivity contribution < 1.29 is 14.3 Å². The summed E-state index contributed by atoms with van der Waals surface area (Å²) >= 11 is 1.43. The van der Waals surface area contributed by atoms with E-state index in [0.717, 1.165) is 16.7 Å². The molecule has 0 fully saturated rings. The van der Waals surface area contributed by atoms with Gasteiger partial charge < -0.3 is 15.8 Å². The van der Waals surface area contributed by atoms with E-state index < -0.39 is 5.91 Å². The zero-order valence-electron chi connectivity index (χ0n) is 18.6. The lowest BCUT2D eigenvalue weighted by Gasteiger charge is -2.12. The average Bonchev–Trinajstić information content (AvgIpc) is 3.25. The molecule has 174 valence electrons. The molecule has 0 spiro atoms. The van der Waals surface area contributed by atoms with Crippen LogP contribution in [0.1, 0.15) is 18.4 Å². The molecule has 0 unspecified atom stereocenters. The van der Waals surface area contributed by atoms with Gasteiger partial charge in [-0.25, -0.2) is 4.98 Å². The van der Waals surface area contributed by atoms with Crippen LogP contribution in [-0.4, -0.2) is 28.0 Å². The molecule has 0 radical (unpaired) electrons. The molecule has 8 nitrogen and oxygen atoms in total. The number of amides is 2. The number of aromatic nitrogens is 2. The Morgan fingerprint density at radius 1 is 1.12 bits per heavy atom. The number of thiophene rings is 1. The molecule has 9 heteroatoms. The predicted octanol–water partition coefficient (Wildman–Crippen LogP) is 3.72. The maximum absolute atomic E-state index is 13.2. The van der Waals surface area contributed by atoms with Gasteiger partial charge in [0.1, 0.15) is 10.6 Å². The van der Waals surface area contributed by atoms with E-state index in [1.807, 2.05) is 36.6 Å². The molecule has 2 amide bonds. The lowest BCUT2D eigenvalue weighted by atomic mass is 10.1. The first-order chi connectivity index (χ1) is 16.4. The molecule has 2 aromatic carbocycles. The summed E-state index contributed by atoms with van der Waals surface area (Å²) in [6, 6.07) is 14.9. The number of ether oxygens (including phenoxy) is 1. The summed E-state index contributed by atoms with van der Waals surface area (Å²) in [7, 11) is 0. The van der Waals surface area contributed by atoms with Gasteiger partial charge in [-0.1, -0.05) is 42.0 Å². The molecule has 2 aromatic heterocycles. The first-order valence-corrected chi connectivity index (χ1v) is 11.6. The van der Waals surface area contributed by atoms with E-state index in [2.05, 4.69) is 10.3 Å². The summed E-state index contributed by atoms with van der Waals surface area (Å²) in [5.74, 6) is -0.297. The van der Waals surface area contributed by atoms with Crippen LogP contribution >= 0.6 is 11.3 Å². The highest BCUT2D eigenvalue weighted by molar-refractivity contribution is 7.17. The number of carbonyl (C=O) groups is 2. The minimum absolute atomic E-state index is 0.0761. The number of anilines is 1. The Labute approximate surface area is 200 Å². The number of hydrogen-bond donors (Lipinski definition) is 2. The summed E-state index contributed by atoms with van der Waals surface area (Å²) in [6.07, 6.45) is 1.63. The van der Waals surface area contributed by atoms with Gasteiger partial charge >= 0.3 is 0 Å². The van der Waals surface area contributed by atoms with Crippen LogP contribution in [0.2, 0.25) is 0 Å². The number of nitrogens with zero attached hydrogens (tertiary/aromatic N) is 2. The first kappa shape index (κ1) is 23.2. The second kappa shape index (κ2) is 10.3. The van der Waals surface area contributed by atoms with Gasteiger partial charge in [0, 0.05) is 23.9 Å². The Hall–Kier alpha value is -3.98. The lowest BCUT2D eigenvalue weighted by molar-refractivity contribution is -0.118. The summed E-state index contributed by atoms with van der Waals surface area (Å²) in [5.41, 5.74) is 8.39. The number of nitrogens with one attached hydrogen (secondary N) is 1. The highest BCUT2D eigenvalue weighted by atomic mass is 32.1. The molecule has 4 rings (SSSR count). The molecule has 0 bridgehead atoms. The Morgan fingerprint density at radius 2 is 1.88 bits per heavy atom. The van der Waals surface area contributed by atoms with Gasteiger partial charge in [0.05, 0.1) is 30.4 Å². The highest BCUT2D eigenvalue weighted by Crippen LogP contribution is 2.30. The second-order valence-corrected chi connectivity index (χ2v) is 8.66. The maximum Gasteiger partial charge on any atom is 0.262 e. The van der Waals surface area contributed by atoms with Crippen LogP contribution in [0, 0.1) is 6.92 Å². The molecular weight excluding hydrogens is 452 g/mol. The van der Waals surface area contributed by atoms with Crippen molar-refractivity contribution in [2.24, 2.45) is 5.73 Å². The van der Waals surface area contributed by atoms with Gasteiger partial charge in [-0.3, -0.25) is 19.0 Å². The summed E-state index contributed by atoms with van der Waals surface area (Å²) < 4.78 is 7.01. The fraction of sp³-hybridized carbons (Fsp3) is 0.200. The van der Waals surface area contributed by atoms with Gasteiger partial charge in [-0.15, -0.1) is 11.3 Å². The van der Waals surface area contributed by atoms with Crippen LogP contribution in [0.5, 0.6) is 5.75 Å². The van der Waals surface area contributed by atoms with Crippen LogP contribution in [0.15, 0.2) is 65.0 Å². The van der Waals surface area contributed by atoms with E-state index in [9.17, 15) is 14.4 Å². The normalized spacial score (nSPS) is 10.9. The Morgan fingerprint density at radius 3 is 2.65 bits per heavy atom. The molecule has 0 saturated heterocycles. The van der Waals surface area contributed by atoms with E-state index in [0.29, 0.717) is 21.7 Å². The molecular formula is C25H24N4O4S. The first-order valence-electron chi connectivity index (χ1n) is 10.8. The molecule has 0 atom stereocenters. The van der Waals surface area contributed by atoms with Crippen molar-refractivity contribution in [2.45, 2.75) is 26.3 Å². The van der Waals surface area contributed by atoms with Gasteiger partial charge in [0.2, 0.25) is 11.8 Å². The number of fused-ring (bicyclic) bond motifs is 1. The number of rotatable bonds is 9. The van der Waals surface area contributed by atoms with Crippen molar-refractivity contribution in [3.8, 4) is 16.9 Å². The lowest BCUT2D eigenvalue weighted by Crippen LogP contribution is -2.23. The molecule has 2 heterocycles. The molecule has 3 N–H and O–H groups in total. The molecule has 0 aliphatic heterocycles. The molecule has 4 aromatic rings. The fourth-order valence-electron chi connectivity index (χ4n) is 3.46. The van der Waals surface area contributed by atoms with Crippen LogP contribution in [-0.2, 0) is 16.1 Å². The average molecular weight is 477 g/mol. The minimum Gasteiger partial charge on any atom is -0.491 e. The van der Waals surface area contributed by atoms with Gasteiger partial charge in [-0.2, -0.15) is 0 Å². The van der Waals surface area contributed by atoms with Gasteiger partial charge in [-0.05, 0) is 24.6 Å². The Kier molecular flexibility index (Phi) is 7.03. The Balaban J connectivity index is 1.47. The third-order valence-electron chi connectivity index (χ3n) is 5.27. The van der Waals surface area contributed by atoms with Crippen molar-refractivity contribution in [1.29, 1.82) is 0 Å². The predicted molar refractivity (Wildman–Crippen MR) is 133 cm³/mol.